The third-order valence-corrected chi connectivity index (χ3v) is 4.65. The Morgan fingerprint density at radius 3 is 2.52 bits per heavy atom. The molecule has 0 aliphatic carbocycles. The summed E-state index contributed by atoms with van der Waals surface area (Å²) in [5.41, 5.74) is 1.69. The standard InChI is InChI=1S/C19H26N10O2/c1-12-22-16(20-2)28-19(23-12)29(14-6-9-31-11-14)7-4-15-25-17(21-3)27-18(26-15)24-13-5-8-30-10-13/h5-6,8-12,15H,4,7H2,1-3H3,(H2,20,22,23,28)(H3,21,24,25,26,27). The van der Waals surface area contributed by atoms with Crippen molar-refractivity contribution in [2.45, 2.75) is 25.7 Å². The molecule has 0 amide bonds. The molecule has 12 nitrogen and oxygen atoms in total. The van der Waals surface area contributed by atoms with Crippen molar-refractivity contribution in [3.05, 3.63) is 37.2 Å². The van der Waals surface area contributed by atoms with E-state index in [4.69, 9.17) is 13.8 Å². The zero-order valence-corrected chi connectivity index (χ0v) is 17.6. The number of guanidine groups is 4. The SMILES string of the molecule is CN=C1NC(N(CCC2N=C(Nc3ccoc3)NC(=NC)N2)c2ccoc2)=NC(C)N1. The second-order valence-corrected chi connectivity index (χ2v) is 6.86. The summed E-state index contributed by atoms with van der Waals surface area (Å²) in [6, 6.07) is 3.71. The van der Waals surface area contributed by atoms with Gasteiger partial charge < -0.3 is 29.7 Å². The molecule has 2 aliphatic heterocycles. The molecule has 164 valence electrons. The summed E-state index contributed by atoms with van der Waals surface area (Å²) in [6.45, 7) is 2.59. The van der Waals surface area contributed by atoms with Crippen LogP contribution in [-0.2, 0) is 0 Å². The van der Waals surface area contributed by atoms with E-state index in [1.54, 1.807) is 39.1 Å². The Hall–Kier alpha value is -3.96. The zero-order valence-electron chi connectivity index (χ0n) is 17.6. The van der Waals surface area contributed by atoms with Crippen LogP contribution < -0.4 is 31.5 Å². The number of nitrogens with zero attached hydrogens (tertiary/aromatic N) is 5. The lowest BCUT2D eigenvalue weighted by Gasteiger charge is -2.32. The second-order valence-electron chi connectivity index (χ2n) is 6.86. The van der Waals surface area contributed by atoms with E-state index in [9.17, 15) is 0 Å². The Morgan fingerprint density at radius 1 is 1.03 bits per heavy atom. The van der Waals surface area contributed by atoms with Crippen LogP contribution in [0.15, 0.2) is 66.0 Å². The number of nitrogens with one attached hydrogen (secondary N) is 5. The Bertz CT molecular complexity index is 978. The van der Waals surface area contributed by atoms with Crippen molar-refractivity contribution in [3.8, 4) is 0 Å². The number of hydrogen-bond acceptors (Lipinski definition) is 8. The van der Waals surface area contributed by atoms with E-state index in [0.29, 0.717) is 36.8 Å². The smallest absolute Gasteiger partial charge is 0.207 e. The first-order valence-corrected chi connectivity index (χ1v) is 9.90. The highest BCUT2D eigenvalue weighted by Crippen LogP contribution is 2.17. The lowest BCUT2D eigenvalue weighted by molar-refractivity contribution is 0.558. The summed E-state index contributed by atoms with van der Waals surface area (Å²) in [6.07, 6.45) is 6.89. The van der Waals surface area contributed by atoms with E-state index in [2.05, 4.69) is 41.6 Å². The first-order chi connectivity index (χ1) is 15.1. The maximum absolute atomic E-state index is 5.31. The van der Waals surface area contributed by atoms with Gasteiger partial charge in [-0.05, 0) is 13.0 Å². The molecule has 4 heterocycles. The predicted molar refractivity (Wildman–Crippen MR) is 120 cm³/mol. The van der Waals surface area contributed by atoms with Crippen molar-refractivity contribution in [1.29, 1.82) is 0 Å². The van der Waals surface area contributed by atoms with Gasteiger partial charge in [0, 0.05) is 33.1 Å². The van der Waals surface area contributed by atoms with Gasteiger partial charge in [0.25, 0.3) is 0 Å². The topological polar surface area (TPSA) is 139 Å². The van der Waals surface area contributed by atoms with Crippen molar-refractivity contribution in [3.63, 3.8) is 0 Å². The molecule has 0 spiro atoms. The summed E-state index contributed by atoms with van der Waals surface area (Å²) >= 11 is 0. The van der Waals surface area contributed by atoms with Crippen LogP contribution >= 0.6 is 0 Å². The maximum Gasteiger partial charge on any atom is 0.207 e. The van der Waals surface area contributed by atoms with Crippen LogP contribution in [0.4, 0.5) is 11.4 Å². The number of aliphatic imine (C=N–C) groups is 4. The van der Waals surface area contributed by atoms with Crippen LogP contribution in [0.3, 0.4) is 0 Å². The molecule has 31 heavy (non-hydrogen) atoms. The minimum absolute atomic E-state index is 0.107. The zero-order chi connectivity index (χ0) is 21.6. The van der Waals surface area contributed by atoms with Gasteiger partial charge in [-0.2, -0.15) is 0 Å². The highest BCUT2D eigenvalue weighted by atomic mass is 16.3. The molecule has 2 unspecified atom stereocenters. The molecule has 5 N–H and O–H groups in total. The molecule has 2 aromatic rings. The van der Waals surface area contributed by atoms with Gasteiger partial charge >= 0.3 is 0 Å². The van der Waals surface area contributed by atoms with Gasteiger partial charge in [0.2, 0.25) is 11.9 Å². The third kappa shape index (κ3) is 4.97. The fourth-order valence-electron chi connectivity index (χ4n) is 3.18. The monoisotopic (exact) mass is 426 g/mol. The summed E-state index contributed by atoms with van der Waals surface area (Å²) in [4.78, 5) is 19.9. The molecule has 0 saturated heterocycles. The molecule has 2 aromatic heterocycles. The largest absolute Gasteiger partial charge is 0.470 e. The van der Waals surface area contributed by atoms with Crippen LogP contribution in [0.25, 0.3) is 0 Å². The minimum atomic E-state index is -0.206. The molecule has 0 aromatic carbocycles. The minimum Gasteiger partial charge on any atom is -0.470 e. The predicted octanol–water partition coefficient (Wildman–Crippen LogP) is 0.923. The van der Waals surface area contributed by atoms with Crippen LogP contribution in [0, 0.1) is 0 Å². The van der Waals surface area contributed by atoms with Gasteiger partial charge in [-0.15, -0.1) is 0 Å². The molecule has 0 saturated carbocycles. The van der Waals surface area contributed by atoms with Crippen LogP contribution in [0.1, 0.15) is 13.3 Å². The number of hydrogen-bond donors (Lipinski definition) is 5. The number of anilines is 2. The number of furan rings is 2. The maximum atomic E-state index is 5.31. The summed E-state index contributed by atoms with van der Waals surface area (Å²) in [5.74, 6) is 2.57. The Labute approximate surface area is 179 Å². The average molecular weight is 426 g/mol. The van der Waals surface area contributed by atoms with E-state index in [1.807, 2.05) is 24.0 Å². The van der Waals surface area contributed by atoms with Crippen molar-refractivity contribution in [1.82, 2.24) is 21.3 Å². The van der Waals surface area contributed by atoms with Crippen LogP contribution in [0.2, 0.25) is 0 Å². The third-order valence-electron chi connectivity index (χ3n) is 4.65. The van der Waals surface area contributed by atoms with Crippen molar-refractivity contribution in [2.75, 3.05) is 30.9 Å². The average Bonchev–Trinajstić information content (AvgIpc) is 3.48. The van der Waals surface area contributed by atoms with E-state index in [1.165, 1.54) is 0 Å². The second kappa shape index (κ2) is 9.24. The normalized spacial score (nSPS) is 23.2. The van der Waals surface area contributed by atoms with Gasteiger partial charge in [0.1, 0.15) is 24.9 Å². The van der Waals surface area contributed by atoms with E-state index >= 15 is 0 Å². The highest BCUT2D eigenvalue weighted by Gasteiger charge is 2.24. The van der Waals surface area contributed by atoms with Crippen molar-refractivity contribution < 1.29 is 8.83 Å². The molecular formula is C19H26N10O2. The summed E-state index contributed by atoms with van der Waals surface area (Å²) in [5, 5.41) is 16.0. The summed E-state index contributed by atoms with van der Waals surface area (Å²) in [7, 11) is 3.44. The van der Waals surface area contributed by atoms with Gasteiger partial charge in [-0.25, -0.2) is 9.98 Å². The van der Waals surface area contributed by atoms with E-state index in [-0.39, 0.29) is 12.3 Å². The highest BCUT2D eigenvalue weighted by molar-refractivity contribution is 6.08. The van der Waals surface area contributed by atoms with Gasteiger partial charge in [-0.3, -0.25) is 20.6 Å². The lowest BCUT2D eigenvalue weighted by Crippen LogP contribution is -2.57. The Kier molecular flexibility index (Phi) is 6.05. The lowest BCUT2D eigenvalue weighted by atomic mass is 10.3. The molecule has 2 atom stereocenters. The number of rotatable bonds is 5. The molecule has 2 aliphatic rings. The molecular weight excluding hydrogens is 400 g/mol. The van der Waals surface area contributed by atoms with Crippen molar-refractivity contribution in [2.24, 2.45) is 20.0 Å². The van der Waals surface area contributed by atoms with Crippen LogP contribution in [-0.4, -0.2) is 56.8 Å². The Morgan fingerprint density at radius 2 is 1.81 bits per heavy atom. The first kappa shape index (κ1) is 20.3. The fraction of sp³-hybridized carbons (Fsp3) is 0.368. The molecule has 0 radical (unpaired) electrons. The molecule has 0 fully saturated rings. The first-order valence-electron chi connectivity index (χ1n) is 9.90. The molecule has 4 rings (SSSR count). The molecule has 0 bridgehead atoms. The fourth-order valence-corrected chi connectivity index (χ4v) is 3.18. The Balaban J connectivity index is 1.51. The molecule has 12 heteroatoms. The van der Waals surface area contributed by atoms with Gasteiger partial charge in [0.05, 0.1) is 23.9 Å². The van der Waals surface area contributed by atoms with Gasteiger partial charge in [0.15, 0.2) is 11.9 Å². The van der Waals surface area contributed by atoms with E-state index in [0.717, 1.165) is 11.4 Å². The summed E-state index contributed by atoms with van der Waals surface area (Å²) < 4.78 is 10.4. The van der Waals surface area contributed by atoms with E-state index < -0.39 is 0 Å². The van der Waals surface area contributed by atoms with Crippen LogP contribution in [0.5, 0.6) is 0 Å². The van der Waals surface area contributed by atoms with Crippen molar-refractivity contribution >= 4 is 35.2 Å². The van der Waals surface area contributed by atoms with Gasteiger partial charge in [-0.1, -0.05) is 0 Å². The quantitative estimate of drug-likeness (QED) is 0.476.